The lowest BCUT2D eigenvalue weighted by molar-refractivity contribution is 0.355. The first-order valence-electron chi connectivity index (χ1n) is 11.7. The highest BCUT2D eigenvalue weighted by Crippen LogP contribution is 2.37. The SMILES string of the molecule is COc1cc2nccc(Oc3ccc(NS(=O)(=O)c4cccc(Oc5ccccc5)c4)c(F)c3)c2cc1OC. The molecule has 1 heterocycles. The summed E-state index contributed by atoms with van der Waals surface area (Å²) in [4.78, 5) is 4.24. The van der Waals surface area contributed by atoms with Crippen molar-refractivity contribution < 1.29 is 31.8 Å². The minimum Gasteiger partial charge on any atom is -0.493 e. The molecule has 39 heavy (non-hydrogen) atoms. The Morgan fingerprint density at radius 1 is 0.718 bits per heavy atom. The van der Waals surface area contributed by atoms with Crippen LogP contribution >= 0.6 is 0 Å². The van der Waals surface area contributed by atoms with E-state index in [1.165, 1.54) is 38.5 Å². The Kier molecular flexibility index (Phi) is 7.20. The van der Waals surface area contributed by atoms with Crippen LogP contribution in [0.1, 0.15) is 0 Å². The molecular weight excluding hydrogens is 523 g/mol. The van der Waals surface area contributed by atoms with E-state index in [2.05, 4.69) is 9.71 Å². The Labute approximate surface area is 224 Å². The maximum Gasteiger partial charge on any atom is 0.262 e. The van der Waals surface area contributed by atoms with Crippen molar-refractivity contribution in [3.63, 3.8) is 0 Å². The van der Waals surface area contributed by atoms with Crippen molar-refractivity contribution >= 4 is 26.6 Å². The lowest BCUT2D eigenvalue weighted by Gasteiger charge is -2.14. The maximum atomic E-state index is 15.0. The lowest BCUT2D eigenvalue weighted by atomic mass is 10.2. The molecule has 10 heteroatoms. The Hall–Kier alpha value is -4.83. The van der Waals surface area contributed by atoms with Crippen molar-refractivity contribution in [3.05, 3.63) is 103 Å². The molecule has 8 nitrogen and oxygen atoms in total. The van der Waals surface area contributed by atoms with Crippen molar-refractivity contribution in [2.24, 2.45) is 0 Å². The second-order valence-electron chi connectivity index (χ2n) is 8.27. The third kappa shape index (κ3) is 5.70. The Bertz CT molecular complexity index is 1750. The minimum absolute atomic E-state index is 0.0803. The van der Waals surface area contributed by atoms with Crippen LogP contribution in [0.5, 0.6) is 34.5 Å². The number of hydrogen-bond donors (Lipinski definition) is 1. The lowest BCUT2D eigenvalue weighted by Crippen LogP contribution is -2.14. The van der Waals surface area contributed by atoms with Gasteiger partial charge in [-0.1, -0.05) is 24.3 Å². The standard InChI is InChI=1S/C29H23FN2O6S/c1-35-28-17-23-26(18-29(28)36-2)31-14-13-27(23)38-21-11-12-25(24(30)16-21)32-39(33,34)22-10-6-9-20(15-22)37-19-7-4-3-5-8-19/h3-18,32H,1-2H3. The van der Waals surface area contributed by atoms with Crippen molar-refractivity contribution in [1.82, 2.24) is 4.98 Å². The third-order valence-electron chi connectivity index (χ3n) is 5.71. The highest BCUT2D eigenvalue weighted by atomic mass is 32.2. The van der Waals surface area contributed by atoms with Crippen molar-refractivity contribution in [3.8, 4) is 34.5 Å². The van der Waals surface area contributed by atoms with Crippen LogP contribution in [0, 0.1) is 5.82 Å². The molecule has 0 fully saturated rings. The Balaban J connectivity index is 1.36. The molecule has 0 aliphatic rings. The first-order valence-corrected chi connectivity index (χ1v) is 13.2. The van der Waals surface area contributed by atoms with E-state index in [-0.39, 0.29) is 16.3 Å². The van der Waals surface area contributed by atoms with Crippen molar-refractivity contribution in [1.29, 1.82) is 0 Å². The summed E-state index contributed by atoms with van der Waals surface area (Å²) in [6, 6.07) is 23.8. The largest absolute Gasteiger partial charge is 0.493 e. The summed E-state index contributed by atoms with van der Waals surface area (Å²) in [6.45, 7) is 0. The fourth-order valence-electron chi connectivity index (χ4n) is 3.84. The van der Waals surface area contributed by atoms with E-state index in [1.54, 1.807) is 60.8 Å². The van der Waals surface area contributed by atoms with E-state index in [0.717, 1.165) is 6.07 Å². The molecule has 0 radical (unpaired) electrons. The van der Waals surface area contributed by atoms with Gasteiger partial charge in [0.05, 0.1) is 30.3 Å². The average Bonchev–Trinajstić information content (AvgIpc) is 2.94. The minimum atomic E-state index is -4.11. The molecule has 4 aromatic carbocycles. The second kappa shape index (κ2) is 10.9. The Morgan fingerprint density at radius 2 is 1.44 bits per heavy atom. The van der Waals surface area contributed by atoms with Gasteiger partial charge in [0.15, 0.2) is 17.3 Å². The molecule has 0 aliphatic carbocycles. The van der Waals surface area contributed by atoms with Crippen molar-refractivity contribution in [2.45, 2.75) is 4.90 Å². The molecule has 0 amide bonds. The summed E-state index contributed by atoms with van der Waals surface area (Å²) < 4.78 is 65.6. The van der Waals surface area contributed by atoms with E-state index in [4.69, 9.17) is 18.9 Å². The molecule has 1 N–H and O–H groups in total. The van der Waals surface area contributed by atoms with Crippen LogP contribution in [0.25, 0.3) is 10.9 Å². The van der Waals surface area contributed by atoms with Crippen LogP contribution in [0.15, 0.2) is 102 Å². The number of nitrogens with zero attached hydrogens (tertiary/aromatic N) is 1. The van der Waals surface area contributed by atoms with Gasteiger partial charge < -0.3 is 18.9 Å². The number of methoxy groups -OCH3 is 2. The number of anilines is 1. The maximum absolute atomic E-state index is 15.0. The Morgan fingerprint density at radius 3 is 2.18 bits per heavy atom. The van der Waals surface area contributed by atoms with Crippen LogP contribution in [0.2, 0.25) is 0 Å². The van der Waals surface area contributed by atoms with Crippen LogP contribution < -0.4 is 23.7 Å². The van der Waals surface area contributed by atoms with Crippen LogP contribution in [0.4, 0.5) is 10.1 Å². The number of nitrogens with one attached hydrogen (secondary N) is 1. The van der Waals surface area contributed by atoms with Crippen LogP contribution in [-0.2, 0) is 10.0 Å². The zero-order valence-electron chi connectivity index (χ0n) is 20.9. The average molecular weight is 547 g/mol. The third-order valence-corrected chi connectivity index (χ3v) is 7.08. The van der Waals surface area contributed by atoms with E-state index >= 15 is 4.39 Å². The predicted molar refractivity (Wildman–Crippen MR) is 145 cm³/mol. The fraction of sp³-hybridized carbons (Fsp3) is 0.0690. The van der Waals surface area contributed by atoms with Crippen molar-refractivity contribution in [2.75, 3.05) is 18.9 Å². The summed E-state index contributed by atoms with van der Waals surface area (Å²) in [5.41, 5.74) is 0.358. The molecule has 0 bridgehead atoms. The summed E-state index contributed by atoms with van der Waals surface area (Å²) in [5.74, 6) is 1.63. The topological polar surface area (TPSA) is 96.0 Å². The smallest absolute Gasteiger partial charge is 0.262 e. The molecule has 0 unspecified atom stereocenters. The number of para-hydroxylation sites is 1. The monoisotopic (exact) mass is 546 g/mol. The molecule has 0 saturated heterocycles. The number of halogens is 1. The molecular formula is C29H23FN2O6S. The van der Waals surface area contributed by atoms with E-state index in [1.807, 2.05) is 6.07 Å². The van der Waals surface area contributed by atoms with Gasteiger partial charge >= 0.3 is 0 Å². The zero-order chi connectivity index (χ0) is 27.4. The molecule has 5 aromatic rings. The fourth-order valence-corrected chi connectivity index (χ4v) is 4.94. The molecule has 1 aromatic heterocycles. The van der Waals surface area contributed by atoms with Gasteiger partial charge in [0.25, 0.3) is 10.0 Å². The van der Waals surface area contributed by atoms with E-state index in [0.29, 0.717) is 39.7 Å². The number of ether oxygens (including phenoxy) is 4. The number of rotatable bonds is 9. The van der Waals surface area contributed by atoms with Gasteiger partial charge in [0.1, 0.15) is 23.0 Å². The number of fused-ring (bicyclic) bond motifs is 1. The summed E-state index contributed by atoms with van der Waals surface area (Å²) in [6.07, 6.45) is 1.55. The van der Waals surface area contributed by atoms with Gasteiger partial charge in [-0.05, 0) is 48.5 Å². The number of hydrogen-bond acceptors (Lipinski definition) is 7. The van der Waals surface area contributed by atoms with Gasteiger partial charge in [-0.3, -0.25) is 9.71 Å². The molecule has 0 saturated carbocycles. The first-order chi connectivity index (χ1) is 18.9. The summed E-state index contributed by atoms with van der Waals surface area (Å²) in [7, 11) is -1.07. The van der Waals surface area contributed by atoms with Crippen LogP contribution in [-0.4, -0.2) is 27.6 Å². The van der Waals surface area contributed by atoms with Crippen LogP contribution in [0.3, 0.4) is 0 Å². The van der Waals surface area contributed by atoms with Gasteiger partial charge in [0, 0.05) is 29.8 Å². The summed E-state index contributed by atoms with van der Waals surface area (Å²) >= 11 is 0. The first kappa shape index (κ1) is 25.8. The van der Waals surface area contributed by atoms with Gasteiger partial charge in [-0.25, -0.2) is 12.8 Å². The molecule has 0 atom stereocenters. The highest BCUT2D eigenvalue weighted by molar-refractivity contribution is 7.92. The molecule has 0 aliphatic heterocycles. The highest BCUT2D eigenvalue weighted by Gasteiger charge is 2.18. The van der Waals surface area contributed by atoms with E-state index in [9.17, 15) is 8.42 Å². The second-order valence-corrected chi connectivity index (χ2v) is 9.96. The number of benzene rings is 4. The summed E-state index contributed by atoms with van der Waals surface area (Å²) in [5, 5.41) is 0.623. The zero-order valence-corrected chi connectivity index (χ0v) is 21.7. The van der Waals surface area contributed by atoms with E-state index < -0.39 is 15.8 Å². The molecule has 5 rings (SSSR count). The predicted octanol–water partition coefficient (Wildman–Crippen LogP) is 6.78. The van der Waals surface area contributed by atoms with Gasteiger partial charge in [-0.2, -0.15) is 0 Å². The molecule has 0 spiro atoms. The number of pyridine rings is 1. The normalized spacial score (nSPS) is 11.2. The number of aromatic nitrogens is 1. The van der Waals surface area contributed by atoms with Gasteiger partial charge in [-0.15, -0.1) is 0 Å². The van der Waals surface area contributed by atoms with Gasteiger partial charge in [0.2, 0.25) is 0 Å². The molecule has 198 valence electrons. The quantitative estimate of drug-likeness (QED) is 0.218. The number of sulfonamides is 1.